The van der Waals surface area contributed by atoms with Gasteiger partial charge in [-0.25, -0.2) is 0 Å². The molecule has 0 unspecified atom stereocenters. The van der Waals surface area contributed by atoms with E-state index in [1.165, 1.54) is 15.9 Å². The van der Waals surface area contributed by atoms with Crippen molar-refractivity contribution in [1.82, 2.24) is 0 Å². The molecule has 140 valence electrons. The van der Waals surface area contributed by atoms with E-state index in [0.717, 1.165) is 16.2 Å². The van der Waals surface area contributed by atoms with Crippen LogP contribution in [0.5, 0.6) is 5.75 Å². The van der Waals surface area contributed by atoms with Gasteiger partial charge in [-0.2, -0.15) is 0 Å². The van der Waals surface area contributed by atoms with E-state index in [1.807, 2.05) is 12.1 Å². The van der Waals surface area contributed by atoms with Gasteiger partial charge in [-0.15, -0.1) is 0 Å². The van der Waals surface area contributed by atoms with Gasteiger partial charge < -0.3 is 0 Å². The van der Waals surface area contributed by atoms with Gasteiger partial charge in [0.1, 0.15) is 0 Å². The predicted molar refractivity (Wildman–Crippen MR) is 126 cm³/mol. The van der Waals surface area contributed by atoms with Crippen LogP contribution in [0, 0.1) is 0 Å². The summed E-state index contributed by atoms with van der Waals surface area (Å²) in [6.45, 7) is 0. The standard InChI is InChI=1S/C25H22BrOP/c26-21-16-17-25(27)20(18-21)19-28(22-10-4-1-5-11-22,23-12-6-2-7-13-23)24-14-8-3-9-15-24/h1-18,27-28H,19H2. The minimum atomic E-state index is -2.40. The molecule has 0 spiro atoms. The molecule has 3 heteroatoms. The Bertz CT molecular complexity index is 953. The van der Waals surface area contributed by atoms with Crippen molar-refractivity contribution in [3.05, 3.63) is 119 Å². The molecule has 0 amide bonds. The van der Waals surface area contributed by atoms with Crippen molar-refractivity contribution in [1.29, 1.82) is 0 Å². The molecule has 0 atom stereocenters. The summed E-state index contributed by atoms with van der Waals surface area (Å²) in [7, 11) is -2.40. The zero-order chi connectivity index (χ0) is 19.4. The van der Waals surface area contributed by atoms with Gasteiger partial charge in [-0.05, 0) is 0 Å². The Morgan fingerprint density at radius 3 is 1.46 bits per heavy atom. The maximum absolute atomic E-state index is 10.6. The van der Waals surface area contributed by atoms with Crippen LogP contribution in [0.3, 0.4) is 0 Å². The molecular weight excluding hydrogens is 427 g/mol. The molecule has 0 aliphatic rings. The number of rotatable bonds is 5. The Morgan fingerprint density at radius 1 is 0.607 bits per heavy atom. The van der Waals surface area contributed by atoms with Gasteiger partial charge in [0.2, 0.25) is 0 Å². The molecule has 0 saturated carbocycles. The first-order valence-corrected chi connectivity index (χ1v) is 12.3. The monoisotopic (exact) mass is 448 g/mol. The van der Waals surface area contributed by atoms with Crippen molar-refractivity contribution in [2.75, 3.05) is 0 Å². The summed E-state index contributed by atoms with van der Waals surface area (Å²) in [6, 6.07) is 38.0. The van der Waals surface area contributed by atoms with Crippen LogP contribution in [-0.2, 0) is 6.16 Å². The topological polar surface area (TPSA) is 20.2 Å². The van der Waals surface area contributed by atoms with Crippen LogP contribution in [0.15, 0.2) is 114 Å². The maximum atomic E-state index is 10.6. The second-order valence-corrected chi connectivity index (χ2v) is 11.8. The zero-order valence-electron chi connectivity index (χ0n) is 15.4. The third-order valence-corrected chi connectivity index (χ3v) is 10.7. The van der Waals surface area contributed by atoms with Crippen molar-refractivity contribution in [2.45, 2.75) is 6.16 Å². The summed E-state index contributed by atoms with van der Waals surface area (Å²) in [5.74, 6) is 0.350. The Morgan fingerprint density at radius 2 is 1.04 bits per heavy atom. The molecular formula is C25H22BrOP. The Hall–Kier alpha value is -2.41. The average molecular weight is 449 g/mol. The molecule has 0 heterocycles. The summed E-state index contributed by atoms with van der Waals surface area (Å²) >= 11 is 3.58. The molecule has 0 aliphatic heterocycles. The first kappa shape index (κ1) is 18.9. The molecule has 0 radical (unpaired) electrons. The third-order valence-electron chi connectivity index (χ3n) is 5.30. The van der Waals surface area contributed by atoms with Crippen LogP contribution in [0.4, 0.5) is 0 Å². The Kier molecular flexibility index (Phi) is 5.62. The molecule has 0 aliphatic carbocycles. The SMILES string of the molecule is Oc1ccc(Br)cc1C[PH](c1ccccc1)(c1ccccc1)c1ccccc1. The van der Waals surface area contributed by atoms with Gasteiger partial charge in [0.25, 0.3) is 0 Å². The van der Waals surface area contributed by atoms with E-state index in [0.29, 0.717) is 5.75 Å². The fourth-order valence-corrected chi connectivity index (χ4v) is 9.12. The fraction of sp³-hybridized carbons (Fsp3) is 0.0400. The quantitative estimate of drug-likeness (QED) is 0.406. The van der Waals surface area contributed by atoms with Crippen molar-refractivity contribution >= 4 is 39.1 Å². The first-order chi connectivity index (χ1) is 13.7. The normalized spacial score (nSPS) is 11.9. The predicted octanol–water partition coefficient (Wildman–Crippen LogP) is 5.38. The van der Waals surface area contributed by atoms with Crippen LogP contribution >= 0.6 is 23.2 Å². The van der Waals surface area contributed by atoms with Gasteiger partial charge in [0, 0.05) is 0 Å². The van der Waals surface area contributed by atoms with E-state index in [1.54, 1.807) is 6.07 Å². The summed E-state index contributed by atoms with van der Waals surface area (Å²) in [6.07, 6.45) is 0.788. The Balaban J connectivity index is 2.02. The molecule has 0 saturated heterocycles. The molecule has 28 heavy (non-hydrogen) atoms. The summed E-state index contributed by atoms with van der Waals surface area (Å²) in [4.78, 5) is 0. The third kappa shape index (κ3) is 3.63. The molecule has 4 aromatic carbocycles. The number of phenols is 1. The van der Waals surface area contributed by atoms with Crippen LogP contribution < -0.4 is 15.9 Å². The average Bonchev–Trinajstić information content (AvgIpc) is 2.76. The van der Waals surface area contributed by atoms with E-state index in [2.05, 4.69) is 107 Å². The molecule has 1 N–H and O–H groups in total. The molecule has 0 fully saturated rings. The number of hydrogen-bond donors (Lipinski definition) is 1. The Labute approximate surface area is 175 Å². The first-order valence-electron chi connectivity index (χ1n) is 9.34. The van der Waals surface area contributed by atoms with Gasteiger partial charge in [-0.3, -0.25) is 0 Å². The molecule has 4 rings (SSSR count). The minimum absolute atomic E-state index is 0.350. The number of aromatic hydroxyl groups is 1. The number of halogens is 1. The second-order valence-electron chi connectivity index (χ2n) is 6.95. The van der Waals surface area contributed by atoms with Crippen molar-refractivity contribution in [3.8, 4) is 5.75 Å². The zero-order valence-corrected chi connectivity index (χ0v) is 18.0. The van der Waals surface area contributed by atoms with E-state index in [9.17, 15) is 5.11 Å². The number of phenolic OH excluding ortho intramolecular Hbond substituents is 1. The van der Waals surface area contributed by atoms with Gasteiger partial charge in [0.15, 0.2) is 0 Å². The molecule has 4 aromatic rings. The molecule has 1 nitrogen and oxygen atoms in total. The summed E-state index contributed by atoms with van der Waals surface area (Å²) in [5.41, 5.74) is 0.970. The summed E-state index contributed by atoms with van der Waals surface area (Å²) < 4.78 is 0.984. The van der Waals surface area contributed by atoms with Crippen LogP contribution in [-0.4, -0.2) is 5.11 Å². The molecule has 0 bridgehead atoms. The van der Waals surface area contributed by atoms with Gasteiger partial charge in [0.05, 0.1) is 0 Å². The van der Waals surface area contributed by atoms with Crippen LogP contribution in [0.2, 0.25) is 0 Å². The van der Waals surface area contributed by atoms with E-state index < -0.39 is 7.26 Å². The van der Waals surface area contributed by atoms with Crippen molar-refractivity contribution in [2.24, 2.45) is 0 Å². The fourth-order valence-electron chi connectivity index (χ4n) is 3.96. The van der Waals surface area contributed by atoms with Crippen LogP contribution in [0.1, 0.15) is 5.56 Å². The molecule has 0 aromatic heterocycles. The summed E-state index contributed by atoms with van der Waals surface area (Å²) in [5, 5.41) is 14.7. The van der Waals surface area contributed by atoms with Crippen LogP contribution in [0.25, 0.3) is 0 Å². The van der Waals surface area contributed by atoms with Crippen molar-refractivity contribution in [3.63, 3.8) is 0 Å². The van der Waals surface area contributed by atoms with Gasteiger partial charge in [-0.1, -0.05) is 0 Å². The van der Waals surface area contributed by atoms with Crippen molar-refractivity contribution < 1.29 is 5.11 Å². The van der Waals surface area contributed by atoms with Gasteiger partial charge >= 0.3 is 175 Å². The number of hydrogen-bond acceptors (Lipinski definition) is 1. The van der Waals surface area contributed by atoms with E-state index in [-0.39, 0.29) is 0 Å². The van der Waals surface area contributed by atoms with E-state index >= 15 is 0 Å². The second kappa shape index (κ2) is 8.31. The number of benzene rings is 4. The van der Waals surface area contributed by atoms with E-state index in [4.69, 9.17) is 0 Å².